The Morgan fingerprint density at radius 3 is 3.00 bits per heavy atom. The van der Waals surface area contributed by atoms with E-state index >= 15 is 0 Å². The highest BCUT2D eigenvalue weighted by Gasteiger charge is 2.16. The lowest BCUT2D eigenvalue weighted by atomic mass is 10.1. The Bertz CT molecular complexity index is 613. The van der Waals surface area contributed by atoms with E-state index in [2.05, 4.69) is 15.0 Å². The van der Waals surface area contributed by atoms with E-state index in [1.54, 1.807) is 13.3 Å². The number of fused-ring (bicyclic) bond motifs is 1. The van der Waals surface area contributed by atoms with Gasteiger partial charge in [0.1, 0.15) is 11.6 Å². The van der Waals surface area contributed by atoms with E-state index < -0.39 is 0 Å². The van der Waals surface area contributed by atoms with E-state index in [1.165, 1.54) is 0 Å². The van der Waals surface area contributed by atoms with Crippen molar-refractivity contribution < 1.29 is 9.47 Å². The first-order valence-corrected chi connectivity index (χ1v) is 6.47. The first-order valence-electron chi connectivity index (χ1n) is 6.47. The van der Waals surface area contributed by atoms with Crippen LogP contribution >= 0.6 is 0 Å². The lowest BCUT2D eigenvalue weighted by Gasteiger charge is -2.17. The van der Waals surface area contributed by atoms with E-state index in [-0.39, 0.29) is 0 Å². The number of anilines is 1. The Balaban J connectivity index is 1.85. The molecule has 20 heavy (non-hydrogen) atoms. The summed E-state index contributed by atoms with van der Waals surface area (Å²) in [6, 6.07) is 3.78. The highest BCUT2D eigenvalue weighted by atomic mass is 16.5. The molecule has 2 aromatic heterocycles. The van der Waals surface area contributed by atoms with Crippen molar-refractivity contribution in [3.05, 3.63) is 41.0 Å². The van der Waals surface area contributed by atoms with Crippen LogP contribution in [0.5, 0.6) is 5.88 Å². The molecule has 6 nitrogen and oxygen atoms in total. The minimum Gasteiger partial charge on any atom is -0.481 e. The van der Waals surface area contributed by atoms with E-state index in [9.17, 15) is 0 Å². The molecule has 0 spiro atoms. The normalized spacial score (nSPS) is 13.8. The summed E-state index contributed by atoms with van der Waals surface area (Å²) in [5.41, 5.74) is 8.92. The molecule has 3 rings (SSSR count). The number of nitrogen functional groups attached to an aromatic ring is 1. The van der Waals surface area contributed by atoms with Crippen LogP contribution < -0.4 is 10.5 Å². The van der Waals surface area contributed by atoms with Crippen LogP contribution in [0.4, 0.5) is 5.82 Å². The van der Waals surface area contributed by atoms with Crippen LogP contribution in [0.1, 0.15) is 22.6 Å². The van der Waals surface area contributed by atoms with Crippen LogP contribution in [0, 0.1) is 0 Å². The van der Waals surface area contributed by atoms with Crippen LogP contribution in [-0.4, -0.2) is 28.7 Å². The van der Waals surface area contributed by atoms with Crippen LogP contribution in [-0.2, 0) is 24.2 Å². The smallest absolute Gasteiger partial charge is 0.212 e. The topological polar surface area (TPSA) is 83.2 Å². The zero-order chi connectivity index (χ0) is 13.9. The van der Waals surface area contributed by atoms with Gasteiger partial charge < -0.3 is 15.2 Å². The Labute approximate surface area is 117 Å². The van der Waals surface area contributed by atoms with Gasteiger partial charge in [0.25, 0.3) is 0 Å². The molecule has 1 aliphatic rings. The van der Waals surface area contributed by atoms with Crippen molar-refractivity contribution >= 4 is 5.82 Å². The molecule has 0 atom stereocenters. The Morgan fingerprint density at radius 1 is 1.35 bits per heavy atom. The number of ether oxygens (including phenoxy) is 2. The number of methoxy groups -OCH3 is 1. The number of aromatic nitrogens is 3. The molecule has 0 saturated carbocycles. The van der Waals surface area contributed by atoms with E-state index in [0.29, 0.717) is 31.3 Å². The molecule has 104 valence electrons. The summed E-state index contributed by atoms with van der Waals surface area (Å²) in [7, 11) is 1.59. The van der Waals surface area contributed by atoms with Crippen molar-refractivity contribution in [3.8, 4) is 5.88 Å². The van der Waals surface area contributed by atoms with Gasteiger partial charge in [-0.15, -0.1) is 0 Å². The second-order valence-electron chi connectivity index (χ2n) is 4.64. The quantitative estimate of drug-likeness (QED) is 0.901. The van der Waals surface area contributed by atoms with Gasteiger partial charge in [0, 0.05) is 30.7 Å². The second-order valence-corrected chi connectivity index (χ2v) is 4.64. The third-order valence-corrected chi connectivity index (χ3v) is 3.27. The summed E-state index contributed by atoms with van der Waals surface area (Å²) >= 11 is 0. The van der Waals surface area contributed by atoms with Gasteiger partial charge in [-0.05, 0) is 5.56 Å². The summed E-state index contributed by atoms with van der Waals surface area (Å²) < 4.78 is 10.4. The van der Waals surface area contributed by atoms with Crippen LogP contribution in [0.15, 0.2) is 18.3 Å². The average Bonchev–Trinajstić information content (AvgIpc) is 2.48. The second kappa shape index (κ2) is 5.42. The molecular formula is C14H16N4O2. The SMILES string of the molecule is COc1ccc(Cc2nc(N)c3c(n2)CCOC3)cn1. The number of hydrogen-bond acceptors (Lipinski definition) is 6. The predicted octanol–water partition coefficient (Wildman–Crippen LogP) is 1.13. The zero-order valence-corrected chi connectivity index (χ0v) is 11.3. The van der Waals surface area contributed by atoms with Gasteiger partial charge >= 0.3 is 0 Å². The Hall–Kier alpha value is -2.21. The van der Waals surface area contributed by atoms with Gasteiger partial charge in [-0.2, -0.15) is 0 Å². The summed E-state index contributed by atoms with van der Waals surface area (Å²) in [5.74, 6) is 1.83. The monoisotopic (exact) mass is 272 g/mol. The zero-order valence-electron chi connectivity index (χ0n) is 11.3. The molecule has 0 radical (unpaired) electrons. The molecule has 0 bridgehead atoms. The summed E-state index contributed by atoms with van der Waals surface area (Å²) in [6.07, 6.45) is 3.16. The fourth-order valence-electron chi connectivity index (χ4n) is 2.21. The minimum atomic E-state index is 0.505. The first-order chi connectivity index (χ1) is 9.76. The number of pyridine rings is 1. The molecule has 0 aromatic carbocycles. The maximum absolute atomic E-state index is 5.97. The van der Waals surface area contributed by atoms with Gasteiger partial charge in [-0.3, -0.25) is 0 Å². The van der Waals surface area contributed by atoms with Gasteiger partial charge in [0.2, 0.25) is 5.88 Å². The van der Waals surface area contributed by atoms with E-state index in [4.69, 9.17) is 15.2 Å². The van der Waals surface area contributed by atoms with Crippen molar-refractivity contribution in [1.82, 2.24) is 15.0 Å². The van der Waals surface area contributed by atoms with Gasteiger partial charge in [0.15, 0.2) is 0 Å². The molecule has 0 unspecified atom stereocenters. The van der Waals surface area contributed by atoms with Crippen LogP contribution in [0.3, 0.4) is 0 Å². The third kappa shape index (κ3) is 2.55. The highest BCUT2D eigenvalue weighted by molar-refractivity contribution is 5.43. The minimum absolute atomic E-state index is 0.505. The lowest BCUT2D eigenvalue weighted by molar-refractivity contribution is 0.109. The summed E-state index contributed by atoms with van der Waals surface area (Å²) in [4.78, 5) is 13.1. The van der Waals surface area contributed by atoms with Crippen molar-refractivity contribution in [3.63, 3.8) is 0 Å². The average molecular weight is 272 g/mol. The fourth-order valence-corrected chi connectivity index (χ4v) is 2.21. The Morgan fingerprint density at radius 2 is 2.25 bits per heavy atom. The lowest BCUT2D eigenvalue weighted by Crippen LogP contribution is -2.17. The molecular weight excluding hydrogens is 256 g/mol. The molecule has 0 fully saturated rings. The van der Waals surface area contributed by atoms with Crippen molar-refractivity contribution in [2.75, 3.05) is 19.5 Å². The molecule has 0 aliphatic carbocycles. The molecule has 1 aliphatic heterocycles. The summed E-state index contributed by atoms with van der Waals surface area (Å²) in [6.45, 7) is 1.19. The van der Waals surface area contributed by atoms with E-state index in [1.807, 2.05) is 12.1 Å². The maximum atomic E-state index is 5.97. The predicted molar refractivity (Wildman–Crippen MR) is 73.4 cm³/mol. The summed E-state index contributed by atoms with van der Waals surface area (Å²) in [5, 5.41) is 0. The number of nitrogens with two attached hydrogens (primary N) is 1. The maximum Gasteiger partial charge on any atom is 0.212 e. The molecule has 3 heterocycles. The van der Waals surface area contributed by atoms with E-state index in [0.717, 1.165) is 29.1 Å². The highest BCUT2D eigenvalue weighted by Crippen LogP contribution is 2.20. The standard InChI is InChI=1S/C14H16N4O2/c1-19-13-3-2-9(7-16-13)6-12-17-11-4-5-20-8-10(11)14(15)18-12/h2-3,7H,4-6,8H2,1H3,(H2,15,17,18). The van der Waals surface area contributed by atoms with Gasteiger partial charge in [0.05, 0.1) is 26.0 Å². The molecule has 2 N–H and O–H groups in total. The van der Waals surface area contributed by atoms with Gasteiger partial charge in [-0.25, -0.2) is 15.0 Å². The number of nitrogens with zero attached hydrogens (tertiary/aromatic N) is 3. The van der Waals surface area contributed by atoms with Gasteiger partial charge in [-0.1, -0.05) is 6.07 Å². The Kier molecular flexibility index (Phi) is 3.47. The molecule has 6 heteroatoms. The van der Waals surface area contributed by atoms with Crippen molar-refractivity contribution in [2.45, 2.75) is 19.4 Å². The molecule has 0 saturated heterocycles. The van der Waals surface area contributed by atoms with Crippen LogP contribution in [0.25, 0.3) is 0 Å². The molecule has 2 aromatic rings. The number of hydrogen-bond donors (Lipinski definition) is 1. The molecule has 0 amide bonds. The fraction of sp³-hybridized carbons (Fsp3) is 0.357. The largest absolute Gasteiger partial charge is 0.481 e. The number of rotatable bonds is 3. The van der Waals surface area contributed by atoms with Crippen LogP contribution in [0.2, 0.25) is 0 Å². The van der Waals surface area contributed by atoms with Crippen molar-refractivity contribution in [1.29, 1.82) is 0 Å². The first kappa shape index (κ1) is 12.8. The van der Waals surface area contributed by atoms with Crippen molar-refractivity contribution in [2.24, 2.45) is 0 Å². The third-order valence-electron chi connectivity index (χ3n) is 3.27.